The van der Waals surface area contributed by atoms with Gasteiger partial charge in [-0.2, -0.15) is 0 Å². The van der Waals surface area contributed by atoms with Gasteiger partial charge in [-0.05, 0) is 0 Å². The van der Waals surface area contributed by atoms with Gasteiger partial charge in [0.05, 0.1) is 0 Å². The van der Waals surface area contributed by atoms with E-state index in [0.29, 0.717) is 6.41 Å². The average molecular weight is 119 g/mol. The fourth-order valence-corrected chi connectivity index (χ4v) is 0.395. The fourth-order valence-electron chi connectivity index (χ4n) is 0.132. The monoisotopic (exact) mass is 119 g/mol. The summed E-state index contributed by atoms with van der Waals surface area (Å²) in [4.78, 5) is 10.9. The first kappa shape index (κ1) is 6.62. The van der Waals surface area contributed by atoms with Crippen LogP contribution in [0.4, 0.5) is 4.11 Å². The lowest BCUT2D eigenvalue weighted by atomic mass is 11.0. The highest BCUT2D eigenvalue weighted by Gasteiger charge is 1.90. The Labute approximate surface area is 44.3 Å². The van der Waals surface area contributed by atoms with E-state index in [4.69, 9.17) is 0 Å². The van der Waals surface area contributed by atoms with Crippen LogP contribution in [0.5, 0.6) is 0 Å². The van der Waals surface area contributed by atoms with Gasteiger partial charge >= 0.3 is 9.85 Å². The molecule has 40 valence electrons. The number of carbonyl (C=O) groups is 1. The third kappa shape index (κ3) is 3.45. The van der Waals surface area contributed by atoms with Gasteiger partial charge < -0.3 is 9.01 Å². The molecule has 0 aliphatic heterocycles. The van der Waals surface area contributed by atoms with Crippen molar-refractivity contribution in [2.75, 3.05) is 13.2 Å². The van der Waals surface area contributed by atoms with Gasteiger partial charge in [0.2, 0.25) is 6.41 Å². The van der Waals surface area contributed by atoms with Gasteiger partial charge in [-0.1, -0.05) is 0 Å². The number of carbonyl (C=O) groups excluding carboxylic acids is 1. The molecule has 2 nitrogen and oxygen atoms in total. The van der Waals surface area contributed by atoms with E-state index in [0.717, 1.165) is 0 Å². The zero-order valence-corrected chi connectivity index (χ0v) is 5.02. The smallest absolute Gasteiger partial charge is 0.316 e. The average Bonchev–Trinajstić information content (AvgIpc) is 1.68. The van der Waals surface area contributed by atoms with Crippen LogP contribution in [0, 0.1) is 0 Å². The maximum atomic E-state index is 11.3. The second-order valence-electron chi connectivity index (χ2n) is 1.15. The highest BCUT2D eigenvalue weighted by molar-refractivity contribution is 6.26. The molecule has 0 bridgehead atoms. The Hall–Kier alpha value is -0.383. The van der Waals surface area contributed by atoms with Crippen molar-refractivity contribution in [3.63, 3.8) is 0 Å². The first-order chi connectivity index (χ1) is 3.31. The van der Waals surface area contributed by atoms with Crippen molar-refractivity contribution >= 4 is 16.3 Å². The largest absolute Gasteiger partial charge is 0.349 e. The van der Waals surface area contributed by atoms with Crippen LogP contribution < -0.4 is 0 Å². The molecule has 0 atom stereocenters. The third-order valence-electron chi connectivity index (χ3n) is 0.489. The Balaban J connectivity index is 2.98. The normalized spacial score (nSPS) is 8.29. The zero-order valence-electron chi connectivity index (χ0n) is 4.02. The van der Waals surface area contributed by atoms with Crippen LogP contribution in [0.3, 0.4) is 0 Å². The molecule has 0 rings (SSSR count). The molecule has 0 fully saturated rings. The number of nitrogens with zero attached hydrogens (tertiary/aromatic N) is 1. The molecule has 1 amide bonds. The van der Waals surface area contributed by atoms with Gasteiger partial charge in [0.25, 0.3) is 0 Å². The molecule has 2 radical (unpaired) electrons. The summed E-state index contributed by atoms with van der Waals surface area (Å²) < 4.78 is 11.3. The number of hydrogen-bond acceptors (Lipinski definition) is 1. The van der Waals surface area contributed by atoms with E-state index in [-0.39, 0.29) is 6.17 Å². The van der Waals surface area contributed by atoms with Crippen molar-refractivity contribution in [2.24, 2.45) is 0 Å². The number of halogens is 1. The lowest BCUT2D eigenvalue weighted by Gasteiger charge is -2.02. The summed E-state index contributed by atoms with van der Waals surface area (Å²) in [7, 11) is 0.881. The summed E-state index contributed by atoms with van der Waals surface area (Å²) in [6.07, 6.45) is 0.829. The molecule has 7 heavy (non-hydrogen) atoms. The Bertz CT molecular complexity index is 60.9. The summed E-state index contributed by atoms with van der Waals surface area (Å²) >= 11 is 0. The number of rotatable bonds is 3. The van der Waals surface area contributed by atoms with E-state index in [1.807, 2.05) is 0 Å². The van der Waals surface area contributed by atoms with Crippen LogP contribution in [-0.2, 0) is 4.79 Å². The van der Waals surface area contributed by atoms with Crippen molar-refractivity contribution in [1.82, 2.24) is 4.90 Å². The molecular formula is C3H6FNOSi. The predicted molar refractivity (Wildman–Crippen MR) is 25.6 cm³/mol. The Kier molecular flexibility index (Phi) is 3.59. The SMILES string of the molecule is CN(C=O)C[Si]F. The molecule has 0 aromatic heterocycles. The van der Waals surface area contributed by atoms with Crippen molar-refractivity contribution in [3.8, 4) is 0 Å². The minimum absolute atomic E-state index is 0.226. The molecule has 0 N–H and O–H groups in total. The predicted octanol–water partition coefficient (Wildman–Crippen LogP) is -0.379. The van der Waals surface area contributed by atoms with E-state index in [2.05, 4.69) is 0 Å². The van der Waals surface area contributed by atoms with Crippen LogP contribution in [0.15, 0.2) is 0 Å². The van der Waals surface area contributed by atoms with Crippen molar-refractivity contribution in [1.29, 1.82) is 0 Å². The van der Waals surface area contributed by atoms with Crippen LogP contribution in [0.2, 0.25) is 0 Å². The van der Waals surface area contributed by atoms with Crippen molar-refractivity contribution < 1.29 is 8.90 Å². The molecule has 0 aliphatic rings. The second kappa shape index (κ2) is 3.79. The van der Waals surface area contributed by atoms with Gasteiger partial charge in [-0.3, -0.25) is 4.79 Å². The molecule has 0 spiro atoms. The molecule has 0 saturated heterocycles. The van der Waals surface area contributed by atoms with Crippen LogP contribution >= 0.6 is 0 Å². The summed E-state index contributed by atoms with van der Waals surface area (Å²) in [5.74, 6) is 0. The van der Waals surface area contributed by atoms with Gasteiger partial charge in [0, 0.05) is 13.2 Å². The topological polar surface area (TPSA) is 20.3 Å². The van der Waals surface area contributed by atoms with Gasteiger partial charge in [-0.15, -0.1) is 0 Å². The molecule has 0 aromatic carbocycles. The van der Waals surface area contributed by atoms with Crippen molar-refractivity contribution in [2.45, 2.75) is 0 Å². The maximum Gasteiger partial charge on any atom is 0.316 e. The van der Waals surface area contributed by atoms with Crippen LogP contribution in [0.1, 0.15) is 0 Å². The molecule has 0 unspecified atom stereocenters. The molecule has 0 aliphatic carbocycles. The van der Waals surface area contributed by atoms with E-state index in [1.54, 1.807) is 7.05 Å². The van der Waals surface area contributed by atoms with Crippen LogP contribution in [0.25, 0.3) is 0 Å². The Morgan fingerprint density at radius 3 is 2.71 bits per heavy atom. The fraction of sp³-hybridized carbons (Fsp3) is 0.667. The second-order valence-corrected chi connectivity index (χ2v) is 1.74. The lowest BCUT2D eigenvalue weighted by Crippen LogP contribution is -2.19. The van der Waals surface area contributed by atoms with E-state index in [9.17, 15) is 8.90 Å². The molecular weight excluding hydrogens is 113 g/mol. The van der Waals surface area contributed by atoms with Gasteiger partial charge in [0.1, 0.15) is 0 Å². The lowest BCUT2D eigenvalue weighted by molar-refractivity contribution is -0.116. The minimum atomic E-state index is -0.660. The van der Waals surface area contributed by atoms with E-state index in [1.165, 1.54) is 4.90 Å². The zero-order chi connectivity index (χ0) is 5.70. The summed E-state index contributed by atoms with van der Waals surface area (Å²) in [6.45, 7) is 0. The van der Waals surface area contributed by atoms with E-state index >= 15 is 0 Å². The molecule has 4 heteroatoms. The first-order valence-corrected chi connectivity index (χ1v) is 2.88. The highest BCUT2D eigenvalue weighted by atomic mass is 28.3. The standard InChI is InChI=1S/C3H6FNOSi/c1-5(2-6)3-7-4/h2H,3H2,1H3. The summed E-state index contributed by atoms with van der Waals surface area (Å²) in [6, 6.07) is 0. The molecule has 0 saturated carbocycles. The maximum absolute atomic E-state index is 11.3. The number of amides is 1. The minimum Gasteiger partial charge on any atom is -0.349 e. The number of hydrogen-bond donors (Lipinski definition) is 0. The quantitative estimate of drug-likeness (QED) is 0.282. The summed E-state index contributed by atoms with van der Waals surface area (Å²) in [5, 5.41) is 0. The van der Waals surface area contributed by atoms with Gasteiger partial charge in [-0.25, -0.2) is 0 Å². The molecule has 0 heterocycles. The Morgan fingerprint density at radius 1 is 2.00 bits per heavy atom. The van der Waals surface area contributed by atoms with E-state index < -0.39 is 9.85 Å². The third-order valence-corrected chi connectivity index (χ3v) is 1.11. The van der Waals surface area contributed by atoms with Gasteiger partial charge in [0.15, 0.2) is 0 Å². The Morgan fingerprint density at radius 2 is 2.57 bits per heavy atom. The first-order valence-electron chi connectivity index (χ1n) is 1.80. The summed E-state index contributed by atoms with van der Waals surface area (Å²) in [5.41, 5.74) is 0. The molecule has 0 aromatic rings. The van der Waals surface area contributed by atoms with Crippen molar-refractivity contribution in [3.05, 3.63) is 0 Å². The van der Waals surface area contributed by atoms with Crippen LogP contribution in [-0.4, -0.2) is 34.4 Å². The highest BCUT2D eigenvalue weighted by Crippen LogP contribution is 1.70.